The number of hydrogen-bond acceptors (Lipinski definition) is 4. The molecule has 2 amide bonds. The minimum atomic E-state index is -0.247. The molecule has 3 aromatic rings. The van der Waals surface area contributed by atoms with E-state index in [2.05, 4.69) is 20.7 Å². The van der Waals surface area contributed by atoms with Crippen molar-refractivity contribution >= 4 is 22.7 Å². The van der Waals surface area contributed by atoms with Gasteiger partial charge in [-0.1, -0.05) is 12.1 Å². The van der Waals surface area contributed by atoms with E-state index in [1.807, 2.05) is 49.7 Å². The van der Waals surface area contributed by atoms with E-state index in [0.29, 0.717) is 17.8 Å². The van der Waals surface area contributed by atoms with Crippen molar-refractivity contribution in [2.45, 2.75) is 33.7 Å². The summed E-state index contributed by atoms with van der Waals surface area (Å²) in [4.78, 5) is 16.3. The van der Waals surface area contributed by atoms with Gasteiger partial charge >= 0.3 is 6.03 Å². The largest absolute Gasteiger partial charge is 0.459 e. The lowest BCUT2D eigenvalue weighted by atomic mass is 10.2. The standard InChI is InChI=1S/C17H21N5O2/c1-11-10-14-6-4-7-15(16(14)24-11)20-17(23)18-8-5-9-22-13(3)19-12(2)21-22/h4,6-7,10H,5,8-9H2,1-3H3,(H2,18,20,23). The van der Waals surface area contributed by atoms with Crippen molar-refractivity contribution in [2.24, 2.45) is 0 Å². The minimum Gasteiger partial charge on any atom is -0.459 e. The second-order valence-corrected chi connectivity index (χ2v) is 5.74. The molecule has 1 aromatic carbocycles. The molecule has 0 bridgehead atoms. The zero-order valence-electron chi connectivity index (χ0n) is 14.1. The van der Waals surface area contributed by atoms with Crippen molar-refractivity contribution < 1.29 is 9.21 Å². The van der Waals surface area contributed by atoms with Crippen LogP contribution in [-0.2, 0) is 6.54 Å². The summed E-state index contributed by atoms with van der Waals surface area (Å²) in [5, 5.41) is 11.0. The molecular formula is C17H21N5O2. The number of urea groups is 1. The predicted molar refractivity (Wildman–Crippen MR) is 92.1 cm³/mol. The number of carbonyl (C=O) groups is 1. The molecule has 0 radical (unpaired) electrons. The van der Waals surface area contributed by atoms with Crippen LogP contribution in [0.1, 0.15) is 23.8 Å². The number of furan rings is 1. The van der Waals surface area contributed by atoms with Crippen molar-refractivity contribution in [2.75, 3.05) is 11.9 Å². The van der Waals surface area contributed by atoms with Gasteiger partial charge in [0.15, 0.2) is 5.58 Å². The van der Waals surface area contributed by atoms with Gasteiger partial charge in [0.2, 0.25) is 0 Å². The van der Waals surface area contributed by atoms with Crippen molar-refractivity contribution in [1.29, 1.82) is 0 Å². The molecule has 7 nitrogen and oxygen atoms in total. The van der Waals surface area contributed by atoms with Crippen molar-refractivity contribution in [1.82, 2.24) is 20.1 Å². The molecule has 0 aliphatic carbocycles. The number of para-hydroxylation sites is 1. The number of hydrogen-bond donors (Lipinski definition) is 2. The first-order valence-electron chi connectivity index (χ1n) is 7.95. The second kappa shape index (κ2) is 6.74. The van der Waals surface area contributed by atoms with Crippen molar-refractivity contribution in [3.05, 3.63) is 41.7 Å². The molecule has 0 aliphatic heterocycles. The molecule has 2 heterocycles. The average Bonchev–Trinajstić information content (AvgIpc) is 3.05. The topological polar surface area (TPSA) is 85.0 Å². The Labute approximate surface area is 140 Å². The van der Waals surface area contributed by atoms with Gasteiger partial charge in [-0.2, -0.15) is 5.10 Å². The highest BCUT2D eigenvalue weighted by Gasteiger charge is 2.09. The summed E-state index contributed by atoms with van der Waals surface area (Å²) in [5.41, 5.74) is 1.36. The second-order valence-electron chi connectivity index (χ2n) is 5.74. The predicted octanol–water partition coefficient (Wildman–Crippen LogP) is 3.16. The highest BCUT2D eigenvalue weighted by Crippen LogP contribution is 2.26. The number of aryl methyl sites for hydroxylation is 4. The molecule has 3 rings (SSSR count). The molecule has 0 atom stereocenters. The van der Waals surface area contributed by atoms with Crippen molar-refractivity contribution in [3.8, 4) is 0 Å². The molecule has 0 saturated heterocycles. The van der Waals surface area contributed by atoms with Gasteiger partial charge in [-0.3, -0.25) is 4.68 Å². The van der Waals surface area contributed by atoms with E-state index in [1.165, 1.54) is 0 Å². The third-order valence-electron chi connectivity index (χ3n) is 3.71. The Morgan fingerprint density at radius 3 is 2.88 bits per heavy atom. The summed E-state index contributed by atoms with van der Waals surface area (Å²) < 4.78 is 7.49. The van der Waals surface area contributed by atoms with E-state index in [-0.39, 0.29) is 6.03 Å². The Kier molecular flexibility index (Phi) is 4.50. The first-order valence-corrected chi connectivity index (χ1v) is 7.95. The van der Waals surface area contributed by atoms with Crippen LogP contribution in [0.15, 0.2) is 28.7 Å². The number of fused-ring (bicyclic) bond motifs is 1. The Morgan fingerprint density at radius 2 is 2.12 bits per heavy atom. The Hall–Kier alpha value is -2.83. The molecular weight excluding hydrogens is 306 g/mol. The number of anilines is 1. The molecule has 0 spiro atoms. The number of amides is 2. The first kappa shape index (κ1) is 16.0. The lowest BCUT2D eigenvalue weighted by Crippen LogP contribution is -2.30. The number of benzene rings is 1. The maximum Gasteiger partial charge on any atom is 0.319 e. The summed E-state index contributed by atoms with van der Waals surface area (Å²) in [6, 6.07) is 7.37. The molecule has 126 valence electrons. The van der Waals surface area contributed by atoms with Gasteiger partial charge in [-0.15, -0.1) is 0 Å². The third kappa shape index (κ3) is 3.56. The zero-order valence-corrected chi connectivity index (χ0v) is 14.1. The molecule has 0 saturated carbocycles. The van der Waals surface area contributed by atoms with Crippen LogP contribution in [-0.4, -0.2) is 27.3 Å². The fourth-order valence-electron chi connectivity index (χ4n) is 2.66. The molecule has 2 aromatic heterocycles. The summed E-state index contributed by atoms with van der Waals surface area (Å²) in [7, 11) is 0. The minimum absolute atomic E-state index is 0.247. The van der Waals surface area contributed by atoms with Gasteiger partial charge in [0, 0.05) is 18.5 Å². The van der Waals surface area contributed by atoms with Gasteiger partial charge < -0.3 is 15.1 Å². The Bertz CT molecular complexity index is 865. The summed E-state index contributed by atoms with van der Waals surface area (Å²) in [6.45, 7) is 6.95. The summed E-state index contributed by atoms with van der Waals surface area (Å²) in [5.74, 6) is 2.47. The number of nitrogens with one attached hydrogen (secondary N) is 2. The van der Waals surface area contributed by atoms with Crippen LogP contribution in [0.5, 0.6) is 0 Å². The van der Waals surface area contributed by atoms with E-state index >= 15 is 0 Å². The van der Waals surface area contributed by atoms with Gasteiger partial charge in [-0.25, -0.2) is 9.78 Å². The number of rotatable bonds is 5. The molecule has 0 fully saturated rings. The number of aromatic nitrogens is 3. The van der Waals surface area contributed by atoms with Crippen LogP contribution in [0, 0.1) is 20.8 Å². The van der Waals surface area contributed by atoms with E-state index < -0.39 is 0 Å². The first-order chi connectivity index (χ1) is 11.5. The maximum atomic E-state index is 12.0. The normalized spacial score (nSPS) is 11.0. The van der Waals surface area contributed by atoms with Gasteiger partial charge in [0.1, 0.15) is 17.4 Å². The Morgan fingerprint density at radius 1 is 1.29 bits per heavy atom. The fourth-order valence-corrected chi connectivity index (χ4v) is 2.66. The monoisotopic (exact) mass is 327 g/mol. The quantitative estimate of drug-likeness (QED) is 0.705. The van der Waals surface area contributed by atoms with Gasteiger partial charge in [0.05, 0.1) is 5.69 Å². The van der Waals surface area contributed by atoms with Gasteiger partial charge in [-0.05, 0) is 39.3 Å². The lowest BCUT2D eigenvalue weighted by Gasteiger charge is -2.08. The highest BCUT2D eigenvalue weighted by atomic mass is 16.3. The SMILES string of the molecule is Cc1nc(C)n(CCCNC(=O)Nc2cccc3cc(C)oc23)n1. The summed E-state index contributed by atoms with van der Waals surface area (Å²) >= 11 is 0. The van der Waals surface area contributed by atoms with Crippen LogP contribution < -0.4 is 10.6 Å². The van der Waals surface area contributed by atoms with Crippen LogP contribution in [0.2, 0.25) is 0 Å². The molecule has 0 unspecified atom stereocenters. The van der Waals surface area contributed by atoms with Gasteiger partial charge in [0.25, 0.3) is 0 Å². The highest BCUT2D eigenvalue weighted by molar-refractivity contribution is 5.99. The lowest BCUT2D eigenvalue weighted by molar-refractivity contribution is 0.251. The zero-order chi connectivity index (χ0) is 17.1. The molecule has 0 aliphatic rings. The van der Waals surface area contributed by atoms with Crippen LogP contribution in [0.3, 0.4) is 0 Å². The van der Waals surface area contributed by atoms with Crippen LogP contribution in [0.25, 0.3) is 11.0 Å². The van der Waals surface area contributed by atoms with E-state index in [1.54, 1.807) is 0 Å². The number of nitrogens with zero attached hydrogens (tertiary/aromatic N) is 3. The van der Waals surface area contributed by atoms with E-state index in [4.69, 9.17) is 4.42 Å². The maximum absolute atomic E-state index is 12.0. The number of carbonyl (C=O) groups excluding carboxylic acids is 1. The average molecular weight is 327 g/mol. The van der Waals surface area contributed by atoms with Crippen LogP contribution in [0.4, 0.5) is 10.5 Å². The molecule has 7 heteroatoms. The molecule has 2 N–H and O–H groups in total. The molecule has 24 heavy (non-hydrogen) atoms. The van der Waals surface area contributed by atoms with E-state index in [9.17, 15) is 4.79 Å². The van der Waals surface area contributed by atoms with Crippen LogP contribution >= 0.6 is 0 Å². The summed E-state index contributed by atoms with van der Waals surface area (Å²) in [6.07, 6.45) is 0.779. The fraction of sp³-hybridized carbons (Fsp3) is 0.353. The smallest absolute Gasteiger partial charge is 0.319 e. The third-order valence-corrected chi connectivity index (χ3v) is 3.71. The Balaban J connectivity index is 1.51. The van der Waals surface area contributed by atoms with Crippen molar-refractivity contribution in [3.63, 3.8) is 0 Å². The van der Waals surface area contributed by atoms with E-state index in [0.717, 1.165) is 35.8 Å².